The molecule has 116 valence electrons. The summed E-state index contributed by atoms with van der Waals surface area (Å²) in [6, 6.07) is 7.86. The van der Waals surface area contributed by atoms with Gasteiger partial charge in [0.1, 0.15) is 5.60 Å². The average Bonchev–Trinajstić information content (AvgIpc) is 2.40. The summed E-state index contributed by atoms with van der Waals surface area (Å²) in [5.74, 6) is 0. The number of amides is 1. The van der Waals surface area contributed by atoms with Crippen molar-refractivity contribution in [3.8, 4) is 0 Å². The zero-order chi connectivity index (χ0) is 15.3. The molecule has 0 spiro atoms. The molecule has 0 aliphatic carbocycles. The molecule has 5 nitrogen and oxygen atoms in total. The second-order valence-corrected chi connectivity index (χ2v) is 6.21. The Labute approximate surface area is 126 Å². The predicted octanol–water partition coefficient (Wildman–Crippen LogP) is 2.87. The van der Waals surface area contributed by atoms with Gasteiger partial charge in [0.05, 0.1) is 13.2 Å². The molecule has 1 saturated heterocycles. The molecule has 1 aromatic carbocycles. The molecular formula is C16H24N2O3. The van der Waals surface area contributed by atoms with Crippen molar-refractivity contribution in [1.82, 2.24) is 4.90 Å². The lowest BCUT2D eigenvalue weighted by atomic mass is 10.2. The summed E-state index contributed by atoms with van der Waals surface area (Å²) in [5, 5.41) is 2.73. The lowest BCUT2D eigenvalue weighted by Crippen LogP contribution is -2.35. The van der Waals surface area contributed by atoms with E-state index >= 15 is 0 Å². The van der Waals surface area contributed by atoms with Crippen LogP contribution < -0.4 is 5.32 Å². The number of morpholine rings is 1. The Morgan fingerprint density at radius 3 is 2.43 bits per heavy atom. The minimum absolute atomic E-state index is 0.427. The number of carbonyl (C=O) groups excluding carboxylic acids is 1. The number of nitrogens with zero attached hydrogens (tertiary/aromatic N) is 1. The molecule has 21 heavy (non-hydrogen) atoms. The summed E-state index contributed by atoms with van der Waals surface area (Å²) in [7, 11) is 0. The largest absolute Gasteiger partial charge is 0.444 e. The van der Waals surface area contributed by atoms with Gasteiger partial charge in [0.15, 0.2) is 0 Å². The van der Waals surface area contributed by atoms with Crippen molar-refractivity contribution in [2.24, 2.45) is 0 Å². The molecule has 5 heteroatoms. The highest BCUT2D eigenvalue weighted by Crippen LogP contribution is 2.14. The maximum absolute atomic E-state index is 11.7. The highest BCUT2D eigenvalue weighted by atomic mass is 16.6. The third-order valence-electron chi connectivity index (χ3n) is 3.11. The van der Waals surface area contributed by atoms with Crippen LogP contribution >= 0.6 is 0 Å². The van der Waals surface area contributed by atoms with Gasteiger partial charge in [0.25, 0.3) is 0 Å². The molecule has 0 bridgehead atoms. The molecule has 1 heterocycles. The minimum Gasteiger partial charge on any atom is -0.444 e. The van der Waals surface area contributed by atoms with Crippen molar-refractivity contribution in [3.05, 3.63) is 29.8 Å². The van der Waals surface area contributed by atoms with Crippen LogP contribution in [-0.4, -0.2) is 42.9 Å². The number of benzene rings is 1. The van der Waals surface area contributed by atoms with Crippen LogP contribution in [0.5, 0.6) is 0 Å². The number of nitrogens with one attached hydrogen (secondary N) is 1. The fourth-order valence-corrected chi connectivity index (χ4v) is 2.13. The van der Waals surface area contributed by atoms with Gasteiger partial charge in [0.2, 0.25) is 0 Å². The van der Waals surface area contributed by atoms with E-state index in [0.29, 0.717) is 0 Å². The Kier molecular flexibility index (Phi) is 5.20. The van der Waals surface area contributed by atoms with Gasteiger partial charge in [-0.2, -0.15) is 0 Å². The van der Waals surface area contributed by atoms with Crippen LogP contribution in [0.3, 0.4) is 0 Å². The zero-order valence-electron chi connectivity index (χ0n) is 13.0. The maximum atomic E-state index is 11.7. The van der Waals surface area contributed by atoms with Crippen LogP contribution in [0.4, 0.5) is 10.5 Å². The van der Waals surface area contributed by atoms with Gasteiger partial charge < -0.3 is 9.47 Å². The average molecular weight is 292 g/mol. The first-order valence-corrected chi connectivity index (χ1v) is 7.31. The first kappa shape index (κ1) is 15.8. The second-order valence-electron chi connectivity index (χ2n) is 6.21. The van der Waals surface area contributed by atoms with E-state index in [9.17, 15) is 4.79 Å². The Morgan fingerprint density at radius 1 is 1.24 bits per heavy atom. The van der Waals surface area contributed by atoms with E-state index in [4.69, 9.17) is 9.47 Å². The second kappa shape index (κ2) is 6.91. The van der Waals surface area contributed by atoms with Gasteiger partial charge in [-0.1, -0.05) is 12.1 Å². The van der Waals surface area contributed by atoms with E-state index in [1.807, 2.05) is 45.0 Å². The number of hydrogen-bond acceptors (Lipinski definition) is 4. The van der Waals surface area contributed by atoms with Gasteiger partial charge >= 0.3 is 6.09 Å². The summed E-state index contributed by atoms with van der Waals surface area (Å²) in [4.78, 5) is 14.0. The summed E-state index contributed by atoms with van der Waals surface area (Å²) in [6.07, 6.45) is -0.427. The molecule has 1 aromatic rings. The maximum Gasteiger partial charge on any atom is 0.412 e. The standard InChI is InChI=1S/C16H24N2O3/c1-16(2,3)21-15(19)17-14-6-4-13(5-7-14)12-18-8-10-20-11-9-18/h4-7H,8-12H2,1-3H3,(H,17,19). The van der Waals surface area contributed by atoms with Crippen molar-refractivity contribution in [3.63, 3.8) is 0 Å². The molecule has 2 rings (SSSR count). The summed E-state index contributed by atoms with van der Waals surface area (Å²) in [6.45, 7) is 10.00. The molecule has 1 amide bonds. The Hall–Kier alpha value is -1.59. The Morgan fingerprint density at radius 2 is 1.86 bits per heavy atom. The molecule has 0 radical (unpaired) electrons. The highest BCUT2D eigenvalue weighted by Gasteiger charge is 2.16. The van der Waals surface area contributed by atoms with Crippen molar-refractivity contribution in [2.75, 3.05) is 31.6 Å². The summed E-state index contributed by atoms with van der Waals surface area (Å²) < 4.78 is 10.6. The van der Waals surface area contributed by atoms with Crippen LogP contribution in [0, 0.1) is 0 Å². The fourth-order valence-electron chi connectivity index (χ4n) is 2.13. The zero-order valence-corrected chi connectivity index (χ0v) is 13.0. The molecule has 0 saturated carbocycles. The van der Waals surface area contributed by atoms with Crippen molar-refractivity contribution < 1.29 is 14.3 Å². The summed E-state index contributed by atoms with van der Waals surface area (Å²) >= 11 is 0. The van der Waals surface area contributed by atoms with E-state index in [0.717, 1.165) is 38.5 Å². The molecular weight excluding hydrogens is 268 g/mol. The minimum atomic E-state index is -0.486. The van der Waals surface area contributed by atoms with Crippen molar-refractivity contribution >= 4 is 11.8 Å². The quantitative estimate of drug-likeness (QED) is 0.930. The topological polar surface area (TPSA) is 50.8 Å². The Balaban J connectivity index is 1.85. The number of rotatable bonds is 3. The molecule has 0 atom stereocenters. The van der Waals surface area contributed by atoms with Crippen molar-refractivity contribution in [1.29, 1.82) is 0 Å². The van der Waals surface area contributed by atoms with E-state index in [2.05, 4.69) is 10.2 Å². The predicted molar refractivity (Wildman–Crippen MR) is 82.4 cm³/mol. The first-order valence-electron chi connectivity index (χ1n) is 7.31. The lowest BCUT2D eigenvalue weighted by Gasteiger charge is -2.26. The number of hydrogen-bond donors (Lipinski definition) is 1. The highest BCUT2D eigenvalue weighted by molar-refractivity contribution is 5.84. The smallest absolute Gasteiger partial charge is 0.412 e. The monoisotopic (exact) mass is 292 g/mol. The van der Waals surface area contributed by atoms with Crippen LogP contribution in [0.2, 0.25) is 0 Å². The van der Waals surface area contributed by atoms with Gasteiger partial charge in [-0.25, -0.2) is 4.79 Å². The lowest BCUT2D eigenvalue weighted by molar-refractivity contribution is 0.0342. The fraction of sp³-hybridized carbons (Fsp3) is 0.562. The Bertz CT molecular complexity index is 459. The van der Waals surface area contributed by atoms with Gasteiger partial charge in [-0.05, 0) is 38.5 Å². The third-order valence-corrected chi connectivity index (χ3v) is 3.11. The molecule has 1 N–H and O–H groups in total. The molecule has 0 aromatic heterocycles. The van der Waals surface area contributed by atoms with Gasteiger partial charge in [-0.15, -0.1) is 0 Å². The number of anilines is 1. The summed E-state index contributed by atoms with van der Waals surface area (Å²) in [5.41, 5.74) is 1.49. The SMILES string of the molecule is CC(C)(C)OC(=O)Nc1ccc(CN2CCOCC2)cc1. The van der Waals surface area contributed by atoms with Crippen LogP contribution in [0.1, 0.15) is 26.3 Å². The molecule has 1 aliphatic heterocycles. The first-order chi connectivity index (χ1) is 9.92. The van der Waals surface area contributed by atoms with E-state index in [-0.39, 0.29) is 0 Å². The van der Waals surface area contributed by atoms with Crippen LogP contribution in [-0.2, 0) is 16.0 Å². The van der Waals surface area contributed by atoms with E-state index in [1.165, 1.54) is 5.56 Å². The third kappa shape index (κ3) is 5.73. The molecule has 0 unspecified atom stereocenters. The van der Waals surface area contributed by atoms with Crippen LogP contribution in [0.25, 0.3) is 0 Å². The van der Waals surface area contributed by atoms with Gasteiger partial charge in [0, 0.05) is 25.3 Å². The normalized spacial score (nSPS) is 16.5. The number of ether oxygens (including phenoxy) is 2. The van der Waals surface area contributed by atoms with E-state index in [1.54, 1.807) is 0 Å². The molecule has 1 aliphatic rings. The molecule has 1 fully saturated rings. The van der Waals surface area contributed by atoms with Crippen LogP contribution in [0.15, 0.2) is 24.3 Å². The number of carbonyl (C=O) groups is 1. The van der Waals surface area contributed by atoms with Gasteiger partial charge in [-0.3, -0.25) is 10.2 Å². The van der Waals surface area contributed by atoms with E-state index < -0.39 is 11.7 Å². The van der Waals surface area contributed by atoms with Crippen molar-refractivity contribution in [2.45, 2.75) is 32.9 Å².